The molecule has 1 fully saturated rings. The molecule has 0 spiro atoms. The molecule has 1 saturated heterocycles. The molecule has 0 atom stereocenters. The number of alkyl halides is 3. The number of carbonyl (C=O) groups excluding carboxylic acids is 1. The van der Waals surface area contributed by atoms with E-state index in [4.69, 9.17) is 0 Å². The van der Waals surface area contributed by atoms with E-state index in [1.807, 2.05) is 11.9 Å². The molecular formula is C18H26F3N3O. The molecule has 7 heteroatoms. The first-order valence-corrected chi connectivity index (χ1v) is 8.71. The van der Waals surface area contributed by atoms with Gasteiger partial charge in [0, 0.05) is 39.1 Å². The SMILES string of the molecule is CNCCCC(=O)N1CCCN(Cc2ccc(C(F)(F)F)cc2)CC1. The molecule has 1 aliphatic rings. The van der Waals surface area contributed by atoms with Crippen LogP contribution >= 0.6 is 0 Å². The highest BCUT2D eigenvalue weighted by atomic mass is 19.4. The molecule has 2 rings (SSSR count). The molecule has 1 aromatic carbocycles. The number of benzene rings is 1. The summed E-state index contributed by atoms with van der Waals surface area (Å²) in [7, 11) is 1.87. The van der Waals surface area contributed by atoms with E-state index < -0.39 is 11.7 Å². The number of hydrogen-bond acceptors (Lipinski definition) is 3. The number of hydrogen-bond donors (Lipinski definition) is 1. The maximum atomic E-state index is 12.6. The standard InChI is InChI=1S/C18H26F3N3O/c1-22-9-2-4-17(25)24-11-3-10-23(12-13-24)14-15-5-7-16(8-6-15)18(19,20)21/h5-8,22H,2-4,9-14H2,1H3. The van der Waals surface area contributed by atoms with Gasteiger partial charge < -0.3 is 10.2 Å². The van der Waals surface area contributed by atoms with Gasteiger partial charge in [0.25, 0.3) is 0 Å². The molecule has 1 heterocycles. The van der Waals surface area contributed by atoms with Crippen molar-refractivity contribution in [2.45, 2.75) is 32.0 Å². The molecule has 1 amide bonds. The Kier molecular flexibility index (Phi) is 7.25. The lowest BCUT2D eigenvalue weighted by Gasteiger charge is -2.22. The zero-order valence-electron chi connectivity index (χ0n) is 14.6. The average molecular weight is 357 g/mol. The number of nitrogens with one attached hydrogen (secondary N) is 1. The molecule has 25 heavy (non-hydrogen) atoms. The smallest absolute Gasteiger partial charge is 0.341 e. The van der Waals surface area contributed by atoms with Crippen molar-refractivity contribution in [2.24, 2.45) is 0 Å². The van der Waals surface area contributed by atoms with Crippen LogP contribution < -0.4 is 5.32 Å². The fourth-order valence-corrected chi connectivity index (χ4v) is 3.01. The van der Waals surface area contributed by atoms with Crippen molar-refractivity contribution in [3.8, 4) is 0 Å². The molecule has 1 aromatic rings. The quantitative estimate of drug-likeness (QED) is 0.796. The molecule has 0 aromatic heterocycles. The lowest BCUT2D eigenvalue weighted by atomic mass is 10.1. The summed E-state index contributed by atoms with van der Waals surface area (Å²) in [4.78, 5) is 16.3. The minimum atomic E-state index is -4.30. The van der Waals surface area contributed by atoms with Gasteiger partial charge in [-0.05, 0) is 44.1 Å². The van der Waals surface area contributed by atoms with E-state index in [0.717, 1.165) is 56.7 Å². The van der Waals surface area contributed by atoms with Crippen LogP contribution in [0.5, 0.6) is 0 Å². The normalized spacial score (nSPS) is 16.7. The summed E-state index contributed by atoms with van der Waals surface area (Å²) >= 11 is 0. The molecule has 0 aliphatic carbocycles. The van der Waals surface area contributed by atoms with Gasteiger partial charge in [0.15, 0.2) is 0 Å². The number of rotatable bonds is 6. The second kappa shape index (κ2) is 9.20. The summed E-state index contributed by atoms with van der Waals surface area (Å²) in [6.07, 6.45) is -2.02. The number of amides is 1. The number of nitrogens with zero attached hydrogens (tertiary/aromatic N) is 2. The third kappa shape index (κ3) is 6.32. The fraction of sp³-hybridized carbons (Fsp3) is 0.611. The van der Waals surface area contributed by atoms with Gasteiger partial charge in [-0.3, -0.25) is 9.69 Å². The lowest BCUT2D eigenvalue weighted by Crippen LogP contribution is -2.35. The van der Waals surface area contributed by atoms with Gasteiger partial charge in [-0.25, -0.2) is 0 Å². The summed E-state index contributed by atoms with van der Waals surface area (Å²) in [5.74, 6) is 0.187. The minimum Gasteiger partial charge on any atom is -0.341 e. The summed E-state index contributed by atoms with van der Waals surface area (Å²) in [6, 6.07) is 5.33. The van der Waals surface area contributed by atoms with Gasteiger partial charge in [0.1, 0.15) is 0 Å². The molecular weight excluding hydrogens is 331 g/mol. The minimum absolute atomic E-state index is 0.187. The summed E-state index contributed by atoms with van der Waals surface area (Å²) in [6.45, 7) is 4.47. The molecule has 140 valence electrons. The fourth-order valence-electron chi connectivity index (χ4n) is 3.01. The third-order valence-electron chi connectivity index (χ3n) is 4.45. The van der Waals surface area contributed by atoms with E-state index in [-0.39, 0.29) is 5.91 Å². The zero-order chi connectivity index (χ0) is 18.3. The number of carbonyl (C=O) groups is 1. The maximum Gasteiger partial charge on any atom is 0.416 e. The molecule has 1 aliphatic heterocycles. The second-order valence-corrected chi connectivity index (χ2v) is 6.41. The average Bonchev–Trinajstić information content (AvgIpc) is 2.80. The predicted molar refractivity (Wildman–Crippen MR) is 91.1 cm³/mol. The van der Waals surface area contributed by atoms with E-state index in [1.165, 1.54) is 12.1 Å². The first-order valence-electron chi connectivity index (χ1n) is 8.71. The van der Waals surface area contributed by atoms with Crippen LogP contribution in [0.3, 0.4) is 0 Å². The van der Waals surface area contributed by atoms with E-state index in [2.05, 4.69) is 10.2 Å². The Labute approximate surface area is 147 Å². The predicted octanol–water partition coefficient (Wildman–Crippen LogP) is 2.74. The Morgan fingerprint density at radius 1 is 1.12 bits per heavy atom. The van der Waals surface area contributed by atoms with E-state index >= 15 is 0 Å². The van der Waals surface area contributed by atoms with Crippen molar-refractivity contribution in [1.29, 1.82) is 0 Å². The highest BCUT2D eigenvalue weighted by Gasteiger charge is 2.30. The Balaban J connectivity index is 1.83. The Hall–Kier alpha value is -1.60. The van der Waals surface area contributed by atoms with Crippen molar-refractivity contribution >= 4 is 5.91 Å². The first kappa shape index (κ1) is 19.7. The van der Waals surface area contributed by atoms with Gasteiger partial charge in [-0.1, -0.05) is 12.1 Å². The Bertz CT molecular complexity index is 545. The van der Waals surface area contributed by atoms with Crippen LogP contribution in [-0.4, -0.2) is 55.5 Å². The van der Waals surface area contributed by atoms with E-state index in [1.54, 1.807) is 0 Å². The second-order valence-electron chi connectivity index (χ2n) is 6.41. The molecule has 4 nitrogen and oxygen atoms in total. The van der Waals surface area contributed by atoms with Gasteiger partial charge >= 0.3 is 6.18 Å². The Morgan fingerprint density at radius 2 is 1.84 bits per heavy atom. The third-order valence-corrected chi connectivity index (χ3v) is 4.45. The molecule has 0 saturated carbocycles. The van der Waals surface area contributed by atoms with Gasteiger partial charge in [-0.15, -0.1) is 0 Å². The maximum absolute atomic E-state index is 12.6. The first-order chi connectivity index (χ1) is 11.9. The molecule has 1 N–H and O–H groups in total. The molecule has 0 unspecified atom stereocenters. The zero-order valence-corrected chi connectivity index (χ0v) is 14.6. The van der Waals surface area contributed by atoms with Crippen LogP contribution in [-0.2, 0) is 17.5 Å². The van der Waals surface area contributed by atoms with Gasteiger partial charge in [0.05, 0.1) is 5.56 Å². The summed E-state index contributed by atoms with van der Waals surface area (Å²) in [5.41, 5.74) is 0.243. The topological polar surface area (TPSA) is 35.6 Å². The van der Waals surface area contributed by atoms with Crippen LogP contribution in [0.15, 0.2) is 24.3 Å². The van der Waals surface area contributed by atoms with Crippen LogP contribution in [0.2, 0.25) is 0 Å². The summed E-state index contributed by atoms with van der Waals surface area (Å²) < 4.78 is 37.8. The van der Waals surface area contributed by atoms with Crippen LogP contribution in [0, 0.1) is 0 Å². The van der Waals surface area contributed by atoms with Gasteiger partial charge in [-0.2, -0.15) is 13.2 Å². The lowest BCUT2D eigenvalue weighted by molar-refractivity contribution is -0.137. The monoisotopic (exact) mass is 357 g/mol. The molecule has 0 radical (unpaired) electrons. The highest BCUT2D eigenvalue weighted by Crippen LogP contribution is 2.29. The molecule has 0 bridgehead atoms. The van der Waals surface area contributed by atoms with Crippen molar-refractivity contribution in [3.05, 3.63) is 35.4 Å². The van der Waals surface area contributed by atoms with Crippen LogP contribution in [0.25, 0.3) is 0 Å². The largest absolute Gasteiger partial charge is 0.416 e. The van der Waals surface area contributed by atoms with Crippen molar-refractivity contribution in [3.63, 3.8) is 0 Å². The summed E-state index contributed by atoms with van der Waals surface area (Å²) in [5, 5.41) is 3.04. The number of halogens is 3. The van der Waals surface area contributed by atoms with Crippen molar-refractivity contribution in [2.75, 3.05) is 39.8 Å². The van der Waals surface area contributed by atoms with Crippen molar-refractivity contribution in [1.82, 2.24) is 15.1 Å². The van der Waals surface area contributed by atoms with Crippen LogP contribution in [0.1, 0.15) is 30.4 Å². The van der Waals surface area contributed by atoms with Crippen LogP contribution in [0.4, 0.5) is 13.2 Å². The van der Waals surface area contributed by atoms with Gasteiger partial charge in [0.2, 0.25) is 5.91 Å². The van der Waals surface area contributed by atoms with Crippen molar-refractivity contribution < 1.29 is 18.0 Å². The highest BCUT2D eigenvalue weighted by molar-refractivity contribution is 5.76. The Morgan fingerprint density at radius 3 is 2.48 bits per heavy atom. The van der Waals surface area contributed by atoms with E-state index in [9.17, 15) is 18.0 Å². The van der Waals surface area contributed by atoms with E-state index in [0.29, 0.717) is 19.5 Å².